The molecule has 2 amide bonds. The zero-order chi connectivity index (χ0) is 44.1. The number of benzene rings is 2. The lowest BCUT2D eigenvalue weighted by Gasteiger charge is -2.33. The van der Waals surface area contributed by atoms with Crippen molar-refractivity contribution in [3.05, 3.63) is 72.3 Å². The second-order valence-corrected chi connectivity index (χ2v) is 18.1. The van der Waals surface area contributed by atoms with Gasteiger partial charge in [0.1, 0.15) is 42.4 Å². The standard InChI is InChI=1S/C43H58N8O7.CO2/c1-41(2,3)32(49-40(53)58-42(4,5)6)18-13-20-50(21-19-45-39(52)54-23-30-28-16-11-9-14-26(28)27-15-10-12-17-29(27)30)22-31-34-35(57-43(7,8)56-34)38(55-31)51-25-48-33-36(44)46-24-47-37(33)51;2-1-3/h9-12,14-17,24-25,30-32,34-35,38H,13,18-23H2,1-8H3,(H,45,52)(H,49,53)(H2,44,46,47);/t31-,32+,34-,35-,38-;/m1./s1. The Morgan fingerprint density at radius 1 is 0.934 bits per heavy atom. The summed E-state index contributed by atoms with van der Waals surface area (Å²) in [6, 6.07) is 16.4. The maximum absolute atomic E-state index is 13.2. The Labute approximate surface area is 356 Å². The summed E-state index contributed by atoms with van der Waals surface area (Å²) >= 11 is 0. The first-order valence-corrected chi connectivity index (χ1v) is 20.6. The minimum atomic E-state index is -0.843. The van der Waals surface area contributed by atoms with Gasteiger partial charge in [0, 0.05) is 31.6 Å². The van der Waals surface area contributed by atoms with Crippen LogP contribution in [0.2, 0.25) is 0 Å². The van der Waals surface area contributed by atoms with Crippen LogP contribution in [0.15, 0.2) is 61.2 Å². The zero-order valence-electron chi connectivity index (χ0n) is 36.2. The molecule has 0 spiro atoms. The predicted octanol–water partition coefficient (Wildman–Crippen LogP) is 5.80. The summed E-state index contributed by atoms with van der Waals surface area (Å²) < 4.78 is 32.9. The molecular weight excluding hydrogens is 785 g/mol. The van der Waals surface area contributed by atoms with Crippen molar-refractivity contribution >= 4 is 35.3 Å². The van der Waals surface area contributed by atoms with Crippen molar-refractivity contribution in [2.75, 3.05) is 38.5 Å². The number of alkyl carbamates (subject to hydrolysis) is 2. The van der Waals surface area contributed by atoms with Crippen LogP contribution in [0.3, 0.4) is 0 Å². The molecule has 2 aromatic heterocycles. The van der Waals surface area contributed by atoms with Gasteiger partial charge in [0.05, 0.1) is 6.33 Å². The van der Waals surface area contributed by atoms with Gasteiger partial charge in [-0.1, -0.05) is 69.3 Å². The van der Waals surface area contributed by atoms with Crippen molar-refractivity contribution < 1.29 is 42.9 Å². The topological polar surface area (TPSA) is 211 Å². The molecule has 0 unspecified atom stereocenters. The number of carbonyl (C=O) groups excluding carboxylic acids is 4. The predicted molar refractivity (Wildman–Crippen MR) is 224 cm³/mol. The number of rotatable bonds is 13. The summed E-state index contributed by atoms with van der Waals surface area (Å²) in [7, 11) is 0. The van der Waals surface area contributed by atoms with E-state index in [0.717, 1.165) is 17.5 Å². The van der Waals surface area contributed by atoms with Gasteiger partial charge >= 0.3 is 18.3 Å². The van der Waals surface area contributed by atoms with E-state index in [9.17, 15) is 9.59 Å². The number of hydrogen-bond acceptors (Lipinski definition) is 14. The number of anilines is 1. The third kappa shape index (κ3) is 10.9. The molecule has 2 aliphatic heterocycles. The number of nitrogens with two attached hydrogens (primary N) is 1. The van der Waals surface area contributed by atoms with Crippen molar-refractivity contribution in [1.29, 1.82) is 0 Å². The van der Waals surface area contributed by atoms with Crippen LogP contribution < -0.4 is 16.4 Å². The average Bonchev–Trinajstić information content (AvgIpc) is 3.92. The highest BCUT2D eigenvalue weighted by atomic mass is 16.8. The average molecular weight is 843 g/mol. The van der Waals surface area contributed by atoms with E-state index in [2.05, 4.69) is 75.5 Å². The van der Waals surface area contributed by atoms with Crippen molar-refractivity contribution in [2.45, 2.75) is 116 Å². The highest BCUT2D eigenvalue weighted by molar-refractivity contribution is 5.81. The summed E-state index contributed by atoms with van der Waals surface area (Å²) in [5.74, 6) is -0.596. The number of nitrogen functional groups attached to an aromatic ring is 1. The summed E-state index contributed by atoms with van der Waals surface area (Å²) in [6.07, 6.45) is 2.01. The fourth-order valence-electron chi connectivity index (χ4n) is 8.29. The lowest BCUT2D eigenvalue weighted by molar-refractivity contribution is -0.198. The van der Waals surface area contributed by atoms with Gasteiger partial charge in [-0.05, 0) is 81.7 Å². The Morgan fingerprint density at radius 2 is 1.57 bits per heavy atom. The maximum atomic E-state index is 13.2. The fraction of sp³-hybridized carbons (Fsp3) is 0.545. The summed E-state index contributed by atoms with van der Waals surface area (Å²) in [5.41, 5.74) is 11.0. The fourth-order valence-corrected chi connectivity index (χ4v) is 8.29. The molecule has 2 saturated heterocycles. The largest absolute Gasteiger partial charge is 0.449 e. The second kappa shape index (κ2) is 18.7. The van der Waals surface area contributed by atoms with Crippen LogP contribution in [0.5, 0.6) is 0 Å². The number of nitrogens with zero attached hydrogens (tertiary/aromatic N) is 5. The Kier molecular flexibility index (Phi) is 13.8. The number of ether oxygens (including phenoxy) is 5. The normalized spacial score (nSPS) is 20.8. The third-order valence-electron chi connectivity index (χ3n) is 11.0. The van der Waals surface area contributed by atoms with Crippen LogP contribution in [0.1, 0.15) is 91.5 Å². The first-order chi connectivity index (χ1) is 28.9. The van der Waals surface area contributed by atoms with E-state index in [-0.39, 0.29) is 36.0 Å². The summed E-state index contributed by atoms with van der Waals surface area (Å²) in [5, 5.41) is 6.09. The molecule has 2 aromatic carbocycles. The molecule has 1 aliphatic carbocycles. The van der Waals surface area contributed by atoms with Gasteiger partial charge in [-0.15, -0.1) is 0 Å². The molecule has 2 fully saturated rings. The molecule has 328 valence electrons. The van der Waals surface area contributed by atoms with Crippen LogP contribution in [0.25, 0.3) is 22.3 Å². The van der Waals surface area contributed by atoms with E-state index in [1.165, 1.54) is 17.5 Å². The number of fused-ring (bicyclic) bond motifs is 5. The number of carbonyl (C=O) groups is 2. The summed E-state index contributed by atoms with van der Waals surface area (Å²) in [6.45, 7) is 17.9. The van der Waals surface area contributed by atoms with E-state index < -0.39 is 48.1 Å². The molecule has 7 rings (SSSR count). The molecule has 0 bridgehead atoms. The molecule has 4 N–H and O–H groups in total. The number of aromatic nitrogens is 4. The van der Waals surface area contributed by atoms with Crippen LogP contribution in [0.4, 0.5) is 15.4 Å². The van der Waals surface area contributed by atoms with E-state index in [4.69, 9.17) is 39.0 Å². The molecule has 4 aromatic rings. The summed E-state index contributed by atoms with van der Waals surface area (Å²) in [4.78, 5) is 57.5. The van der Waals surface area contributed by atoms with Crippen LogP contribution in [-0.2, 0) is 33.3 Å². The Bertz CT molecular complexity index is 2150. The molecule has 17 nitrogen and oxygen atoms in total. The Hall–Kier alpha value is -5.45. The third-order valence-corrected chi connectivity index (χ3v) is 11.0. The van der Waals surface area contributed by atoms with Gasteiger partial charge in [-0.2, -0.15) is 9.59 Å². The quantitative estimate of drug-likeness (QED) is 0.145. The number of imidazole rings is 1. The van der Waals surface area contributed by atoms with E-state index >= 15 is 0 Å². The van der Waals surface area contributed by atoms with Crippen molar-refractivity contribution in [2.24, 2.45) is 5.41 Å². The van der Waals surface area contributed by atoms with Crippen LogP contribution in [-0.4, -0.2) is 111 Å². The smallest absolute Gasteiger partial charge is 0.407 e. The van der Waals surface area contributed by atoms with E-state index in [1.807, 2.05) is 63.5 Å². The number of nitrogens with one attached hydrogen (secondary N) is 2. The molecule has 0 saturated carbocycles. The van der Waals surface area contributed by atoms with E-state index in [1.54, 1.807) is 6.33 Å². The minimum Gasteiger partial charge on any atom is -0.449 e. The van der Waals surface area contributed by atoms with Gasteiger partial charge in [-0.3, -0.25) is 9.47 Å². The Morgan fingerprint density at radius 3 is 2.21 bits per heavy atom. The Balaban J connectivity index is 0.00000201. The van der Waals surface area contributed by atoms with Gasteiger partial charge in [0.2, 0.25) is 0 Å². The number of hydrogen-bond donors (Lipinski definition) is 3. The zero-order valence-corrected chi connectivity index (χ0v) is 36.2. The molecule has 5 atom stereocenters. The van der Waals surface area contributed by atoms with Gasteiger partial charge in [0.15, 0.2) is 23.5 Å². The molecular formula is C44H58N8O9. The van der Waals surface area contributed by atoms with E-state index in [0.29, 0.717) is 43.8 Å². The molecule has 61 heavy (non-hydrogen) atoms. The highest BCUT2D eigenvalue weighted by Gasteiger charge is 2.56. The lowest BCUT2D eigenvalue weighted by Crippen LogP contribution is -2.47. The van der Waals surface area contributed by atoms with Crippen LogP contribution in [0, 0.1) is 5.41 Å². The SMILES string of the molecule is CC(C)(C)OC(=O)N[C@@H](CCCN(CCNC(=O)OCC1c2ccccc2-c2ccccc21)C[C@H]1O[C@@H](n2cnc3c(N)ncnc32)[C@@H]2OC(C)(C)O[C@@H]21)C(C)(C)C.O=C=O. The first-order valence-electron chi connectivity index (χ1n) is 20.6. The van der Waals surface area contributed by atoms with Crippen molar-refractivity contribution in [3.63, 3.8) is 0 Å². The van der Waals surface area contributed by atoms with Crippen molar-refractivity contribution in [1.82, 2.24) is 35.1 Å². The van der Waals surface area contributed by atoms with Gasteiger partial charge < -0.3 is 40.1 Å². The monoisotopic (exact) mass is 842 g/mol. The molecule has 0 radical (unpaired) electrons. The van der Waals surface area contributed by atoms with Crippen LogP contribution >= 0.6 is 0 Å². The molecule has 3 aliphatic rings. The molecule has 17 heteroatoms. The minimum absolute atomic E-state index is 0.0338. The molecule has 4 heterocycles. The maximum Gasteiger partial charge on any atom is 0.407 e. The highest BCUT2D eigenvalue weighted by Crippen LogP contribution is 2.45. The lowest BCUT2D eigenvalue weighted by atomic mass is 9.84. The second-order valence-electron chi connectivity index (χ2n) is 18.1. The van der Waals surface area contributed by atoms with Gasteiger partial charge in [-0.25, -0.2) is 24.5 Å². The number of amides is 2. The van der Waals surface area contributed by atoms with Gasteiger partial charge in [0.25, 0.3) is 0 Å². The van der Waals surface area contributed by atoms with Crippen molar-refractivity contribution in [3.8, 4) is 11.1 Å². The first kappa shape index (κ1) is 45.1.